The van der Waals surface area contributed by atoms with Crippen LogP contribution in [-0.4, -0.2) is 24.0 Å². The largest absolute Gasteiger partial charge is 0.323 e. The minimum Gasteiger partial charge on any atom is -0.323 e. The van der Waals surface area contributed by atoms with Gasteiger partial charge in [0.15, 0.2) is 0 Å². The predicted molar refractivity (Wildman–Crippen MR) is 77.5 cm³/mol. The molecule has 0 aliphatic heterocycles. The number of likely N-dealkylation sites (N-methyl/N-ethyl adjacent to an activating group) is 1. The standard InChI is InChI=1S/C16H26N2/c1-2-18(15-11-7-4-8-12-15)13-16(17)14-9-5-3-6-10-14/h3,5-6,9-10,15-16H,2,4,7-8,11-13,17H2,1H3. The van der Waals surface area contributed by atoms with Crippen LogP contribution in [-0.2, 0) is 0 Å². The van der Waals surface area contributed by atoms with Crippen LogP contribution in [0.3, 0.4) is 0 Å². The molecule has 1 saturated carbocycles. The van der Waals surface area contributed by atoms with Crippen molar-refractivity contribution in [1.82, 2.24) is 4.90 Å². The van der Waals surface area contributed by atoms with Gasteiger partial charge in [0.25, 0.3) is 0 Å². The van der Waals surface area contributed by atoms with E-state index in [1.54, 1.807) is 0 Å². The molecule has 2 nitrogen and oxygen atoms in total. The van der Waals surface area contributed by atoms with Crippen LogP contribution in [0, 0.1) is 0 Å². The number of nitrogens with two attached hydrogens (primary N) is 1. The van der Waals surface area contributed by atoms with Crippen molar-refractivity contribution < 1.29 is 0 Å². The zero-order valence-corrected chi connectivity index (χ0v) is 11.5. The number of nitrogens with zero attached hydrogens (tertiary/aromatic N) is 1. The molecule has 18 heavy (non-hydrogen) atoms. The highest BCUT2D eigenvalue weighted by atomic mass is 15.2. The van der Waals surface area contributed by atoms with E-state index in [4.69, 9.17) is 5.73 Å². The van der Waals surface area contributed by atoms with Gasteiger partial charge in [-0.2, -0.15) is 0 Å². The zero-order chi connectivity index (χ0) is 12.8. The Kier molecular flexibility index (Phi) is 5.21. The Balaban J connectivity index is 1.93. The van der Waals surface area contributed by atoms with E-state index in [1.165, 1.54) is 37.7 Å². The first kappa shape index (κ1) is 13.6. The quantitative estimate of drug-likeness (QED) is 0.863. The highest BCUT2D eigenvalue weighted by molar-refractivity contribution is 5.18. The maximum atomic E-state index is 6.34. The average Bonchev–Trinajstić information content (AvgIpc) is 2.46. The van der Waals surface area contributed by atoms with Crippen LogP contribution in [0.2, 0.25) is 0 Å². The Bertz CT molecular complexity index is 330. The Morgan fingerprint density at radius 1 is 1.17 bits per heavy atom. The number of rotatable bonds is 5. The Morgan fingerprint density at radius 2 is 1.83 bits per heavy atom. The van der Waals surface area contributed by atoms with Gasteiger partial charge in [-0.05, 0) is 24.9 Å². The predicted octanol–water partition coefficient (Wildman–Crippen LogP) is 3.34. The molecule has 0 aromatic heterocycles. The van der Waals surface area contributed by atoms with Gasteiger partial charge in [-0.15, -0.1) is 0 Å². The minimum absolute atomic E-state index is 0.146. The van der Waals surface area contributed by atoms with Gasteiger partial charge in [0, 0.05) is 18.6 Å². The summed E-state index contributed by atoms with van der Waals surface area (Å²) in [5.74, 6) is 0. The Labute approximate surface area is 111 Å². The molecule has 1 aromatic rings. The third kappa shape index (κ3) is 3.56. The molecule has 0 saturated heterocycles. The van der Waals surface area contributed by atoms with E-state index in [0.717, 1.165) is 19.1 Å². The highest BCUT2D eigenvalue weighted by Gasteiger charge is 2.21. The third-order valence-electron chi connectivity index (χ3n) is 4.16. The van der Waals surface area contributed by atoms with Gasteiger partial charge in [-0.25, -0.2) is 0 Å². The summed E-state index contributed by atoms with van der Waals surface area (Å²) < 4.78 is 0. The Hall–Kier alpha value is -0.860. The molecule has 1 fully saturated rings. The van der Waals surface area contributed by atoms with E-state index in [1.807, 2.05) is 0 Å². The van der Waals surface area contributed by atoms with E-state index in [2.05, 4.69) is 42.2 Å². The van der Waals surface area contributed by atoms with Crippen LogP contribution >= 0.6 is 0 Å². The van der Waals surface area contributed by atoms with Crippen molar-refractivity contribution in [2.75, 3.05) is 13.1 Å². The molecular formula is C16H26N2. The number of hydrogen-bond acceptors (Lipinski definition) is 2. The molecular weight excluding hydrogens is 220 g/mol. The fraction of sp³-hybridized carbons (Fsp3) is 0.625. The molecule has 0 radical (unpaired) electrons. The molecule has 1 atom stereocenters. The lowest BCUT2D eigenvalue weighted by atomic mass is 9.93. The summed E-state index contributed by atoms with van der Waals surface area (Å²) in [6, 6.07) is 11.4. The number of benzene rings is 1. The molecule has 1 aromatic carbocycles. The molecule has 2 rings (SSSR count). The number of hydrogen-bond donors (Lipinski definition) is 1. The summed E-state index contributed by atoms with van der Waals surface area (Å²) in [6.45, 7) is 4.36. The van der Waals surface area contributed by atoms with E-state index in [9.17, 15) is 0 Å². The van der Waals surface area contributed by atoms with Gasteiger partial charge in [0.05, 0.1) is 0 Å². The van der Waals surface area contributed by atoms with Crippen molar-refractivity contribution in [3.05, 3.63) is 35.9 Å². The summed E-state index contributed by atoms with van der Waals surface area (Å²) in [6.07, 6.45) is 6.91. The van der Waals surface area contributed by atoms with Crippen molar-refractivity contribution in [3.63, 3.8) is 0 Å². The maximum Gasteiger partial charge on any atom is 0.0424 e. The van der Waals surface area contributed by atoms with Crippen LogP contribution < -0.4 is 5.73 Å². The second kappa shape index (κ2) is 6.91. The topological polar surface area (TPSA) is 29.3 Å². The van der Waals surface area contributed by atoms with Gasteiger partial charge < -0.3 is 5.73 Å². The lowest BCUT2D eigenvalue weighted by Crippen LogP contribution is -2.41. The molecule has 2 N–H and O–H groups in total. The molecule has 1 aliphatic rings. The SMILES string of the molecule is CCN(CC(N)c1ccccc1)C1CCCCC1. The molecule has 0 heterocycles. The van der Waals surface area contributed by atoms with Gasteiger partial charge in [-0.1, -0.05) is 56.5 Å². The summed E-state index contributed by atoms with van der Waals surface area (Å²) in [5, 5.41) is 0. The van der Waals surface area contributed by atoms with Crippen molar-refractivity contribution in [2.24, 2.45) is 5.73 Å². The molecule has 0 spiro atoms. The second-order valence-corrected chi connectivity index (χ2v) is 5.40. The second-order valence-electron chi connectivity index (χ2n) is 5.40. The summed E-state index contributed by atoms with van der Waals surface area (Å²) in [7, 11) is 0. The first-order valence-corrected chi connectivity index (χ1v) is 7.36. The van der Waals surface area contributed by atoms with Crippen molar-refractivity contribution in [2.45, 2.75) is 51.1 Å². The zero-order valence-electron chi connectivity index (χ0n) is 11.5. The van der Waals surface area contributed by atoms with Crippen molar-refractivity contribution in [1.29, 1.82) is 0 Å². The van der Waals surface area contributed by atoms with Gasteiger partial charge in [-0.3, -0.25) is 4.90 Å². The molecule has 2 heteroatoms. The third-order valence-corrected chi connectivity index (χ3v) is 4.16. The molecule has 1 aliphatic carbocycles. The smallest absolute Gasteiger partial charge is 0.0424 e. The van der Waals surface area contributed by atoms with E-state index >= 15 is 0 Å². The van der Waals surface area contributed by atoms with Crippen LogP contribution in [0.15, 0.2) is 30.3 Å². The highest BCUT2D eigenvalue weighted by Crippen LogP contribution is 2.24. The molecule has 1 unspecified atom stereocenters. The molecule has 0 bridgehead atoms. The summed E-state index contributed by atoms with van der Waals surface area (Å²) in [4.78, 5) is 2.58. The van der Waals surface area contributed by atoms with Gasteiger partial charge in [0.1, 0.15) is 0 Å². The van der Waals surface area contributed by atoms with E-state index in [0.29, 0.717) is 0 Å². The lowest BCUT2D eigenvalue weighted by molar-refractivity contribution is 0.155. The van der Waals surface area contributed by atoms with Crippen LogP contribution in [0.25, 0.3) is 0 Å². The first-order chi connectivity index (χ1) is 8.81. The van der Waals surface area contributed by atoms with E-state index < -0.39 is 0 Å². The van der Waals surface area contributed by atoms with Crippen LogP contribution in [0.1, 0.15) is 50.6 Å². The molecule has 100 valence electrons. The van der Waals surface area contributed by atoms with Crippen LogP contribution in [0.4, 0.5) is 0 Å². The molecule has 0 amide bonds. The van der Waals surface area contributed by atoms with Crippen LogP contribution in [0.5, 0.6) is 0 Å². The van der Waals surface area contributed by atoms with Crippen molar-refractivity contribution in [3.8, 4) is 0 Å². The Morgan fingerprint density at radius 3 is 2.44 bits per heavy atom. The first-order valence-electron chi connectivity index (χ1n) is 7.36. The lowest BCUT2D eigenvalue weighted by Gasteiger charge is -2.35. The fourth-order valence-electron chi connectivity index (χ4n) is 3.04. The normalized spacial score (nSPS) is 19.1. The minimum atomic E-state index is 0.146. The van der Waals surface area contributed by atoms with Crippen molar-refractivity contribution >= 4 is 0 Å². The summed E-state index contributed by atoms with van der Waals surface area (Å²) >= 11 is 0. The van der Waals surface area contributed by atoms with Gasteiger partial charge >= 0.3 is 0 Å². The van der Waals surface area contributed by atoms with Gasteiger partial charge in [0.2, 0.25) is 0 Å². The average molecular weight is 246 g/mol. The fourth-order valence-corrected chi connectivity index (χ4v) is 3.04. The maximum absolute atomic E-state index is 6.34. The monoisotopic (exact) mass is 246 g/mol. The summed E-state index contributed by atoms with van der Waals surface area (Å²) in [5.41, 5.74) is 7.59. The van der Waals surface area contributed by atoms with E-state index in [-0.39, 0.29) is 6.04 Å².